The van der Waals surface area contributed by atoms with E-state index in [1.54, 1.807) is 6.20 Å². The summed E-state index contributed by atoms with van der Waals surface area (Å²) in [5.74, 6) is 2.20. The van der Waals surface area contributed by atoms with Gasteiger partial charge in [0.1, 0.15) is 29.2 Å². The highest BCUT2D eigenvalue weighted by atomic mass is 35.5. The van der Waals surface area contributed by atoms with E-state index in [0.717, 1.165) is 66.4 Å². The van der Waals surface area contributed by atoms with E-state index < -0.39 is 35.3 Å². The fourth-order valence-electron chi connectivity index (χ4n) is 9.33. The van der Waals surface area contributed by atoms with Gasteiger partial charge in [-0.25, -0.2) is 43.3 Å². The molecule has 8 rings (SSSR count). The summed E-state index contributed by atoms with van der Waals surface area (Å²) in [7, 11) is -3.47. The number of nitrogens with two attached hydrogens (primary N) is 4. The number of nitrogens with one attached hydrogen (secondary N) is 1. The van der Waals surface area contributed by atoms with Gasteiger partial charge in [0.15, 0.2) is 10.3 Å². The molecule has 0 spiro atoms. The molecule has 16 nitrogen and oxygen atoms in total. The van der Waals surface area contributed by atoms with Crippen LogP contribution in [0.5, 0.6) is 0 Å². The van der Waals surface area contributed by atoms with Crippen molar-refractivity contribution in [1.29, 1.82) is 0 Å². The fraction of sp³-hybridized carbons (Fsp3) is 0.429. The van der Waals surface area contributed by atoms with Crippen molar-refractivity contribution in [2.24, 2.45) is 5.73 Å². The number of aromatic nitrogens is 8. The molecule has 0 bridgehead atoms. The van der Waals surface area contributed by atoms with Crippen molar-refractivity contribution in [3.8, 4) is 0 Å². The fourth-order valence-corrected chi connectivity index (χ4v) is 11.5. The van der Waals surface area contributed by atoms with Crippen molar-refractivity contribution in [2.75, 3.05) is 54.4 Å². The number of aryl methyl sites for hydroxylation is 4. The summed E-state index contributed by atoms with van der Waals surface area (Å²) in [6.45, 7) is 22.6. The van der Waals surface area contributed by atoms with Gasteiger partial charge in [0, 0.05) is 99.1 Å². The number of hydrogen-bond donors (Lipinski definition) is 6. The van der Waals surface area contributed by atoms with Gasteiger partial charge >= 0.3 is 12.4 Å². The molecular formula is C70H97Cl5F6N14O2S3. The van der Waals surface area contributed by atoms with Crippen molar-refractivity contribution in [3.05, 3.63) is 188 Å². The molecule has 554 valence electrons. The Balaban J connectivity index is 0.00000126. The molecule has 30 heteroatoms. The van der Waals surface area contributed by atoms with E-state index in [-0.39, 0.29) is 51.2 Å². The Bertz CT molecular complexity index is 3960. The largest absolute Gasteiger partial charge is 0.405 e. The van der Waals surface area contributed by atoms with E-state index in [4.69, 9.17) is 75.2 Å². The number of halogens is 11. The summed E-state index contributed by atoms with van der Waals surface area (Å²) < 4.78 is 91.7. The number of benzene rings is 4. The maximum Gasteiger partial charge on any atom is 0.405 e. The highest BCUT2D eigenvalue weighted by molar-refractivity contribution is 7.98. The molecule has 0 saturated carbocycles. The van der Waals surface area contributed by atoms with Crippen molar-refractivity contribution < 1.29 is 34.8 Å². The molecule has 0 fully saturated rings. The first-order valence-electron chi connectivity index (χ1n) is 29.9. The summed E-state index contributed by atoms with van der Waals surface area (Å²) in [6.07, 6.45) is 5.28. The zero-order valence-corrected chi connectivity index (χ0v) is 63.0. The van der Waals surface area contributed by atoms with E-state index in [9.17, 15) is 34.8 Å². The van der Waals surface area contributed by atoms with E-state index in [1.165, 1.54) is 63.7 Å². The summed E-state index contributed by atoms with van der Waals surface area (Å²) in [4.78, 5) is 32.8. The Morgan fingerprint density at radius 3 is 1.02 bits per heavy atom. The van der Waals surface area contributed by atoms with Crippen molar-refractivity contribution >= 4 is 115 Å². The third-order valence-corrected chi connectivity index (χ3v) is 18.4. The van der Waals surface area contributed by atoms with Gasteiger partial charge in [-0.2, -0.15) is 31.3 Å². The molecule has 0 unspecified atom stereocenters. The van der Waals surface area contributed by atoms with Gasteiger partial charge in [-0.15, -0.1) is 0 Å². The molecule has 0 aliphatic heterocycles. The third kappa shape index (κ3) is 29.4. The van der Waals surface area contributed by atoms with Gasteiger partial charge in [-0.3, -0.25) is 0 Å². The summed E-state index contributed by atoms with van der Waals surface area (Å²) in [5.41, 5.74) is 38.8. The minimum Gasteiger partial charge on any atom is -0.383 e. The van der Waals surface area contributed by atoms with Gasteiger partial charge < -0.3 is 34.4 Å². The van der Waals surface area contributed by atoms with E-state index in [2.05, 4.69) is 125 Å². The lowest BCUT2D eigenvalue weighted by molar-refractivity contribution is -0.118. The number of thioether (sulfide) groups is 2. The Morgan fingerprint density at radius 1 is 0.460 bits per heavy atom. The number of rotatable bonds is 17. The normalized spacial score (nSPS) is 11.1. The second-order valence-electron chi connectivity index (χ2n) is 23.7. The molecule has 12 N–H and O–H groups in total. The second-order valence-corrected chi connectivity index (χ2v) is 29.1. The van der Waals surface area contributed by atoms with E-state index in [1.807, 2.05) is 76.7 Å². The van der Waals surface area contributed by atoms with Crippen LogP contribution in [-0.4, -0.2) is 92.5 Å². The van der Waals surface area contributed by atoms with Crippen LogP contribution < -0.4 is 34.4 Å². The second kappa shape index (κ2) is 41.9. The minimum atomic E-state index is -4.35. The van der Waals surface area contributed by atoms with Crippen molar-refractivity contribution in [3.63, 3.8) is 0 Å². The Labute approximate surface area is 621 Å². The number of nitrogen functional groups attached to an aromatic ring is 3. The van der Waals surface area contributed by atoms with Crippen LogP contribution in [0.1, 0.15) is 190 Å². The molecule has 0 atom stereocenters. The molecule has 0 saturated heterocycles. The maximum absolute atomic E-state index is 12.2. The molecule has 0 aliphatic carbocycles. The Hall–Kier alpha value is -6.00. The van der Waals surface area contributed by atoms with Crippen molar-refractivity contribution in [2.45, 2.75) is 183 Å². The highest BCUT2D eigenvalue weighted by Crippen LogP contribution is 2.34. The summed E-state index contributed by atoms with van der Waals surface area (Å²) >= 11 is 34.3. The first kappa shape index (κ1) is 94.0. The first-order valence-corrected chi connectivity index (χ1v) is 36.2. The predicted octanol–water partition coefficient (Wildman–Crippen LogP) is 20.4. The van der Waals surface area contributed by atoms with Gasteiger partial charge in [-0.1, -0.05) is 183 Å². The lowest BCUT2D eigenvalue weighted by atomic mass is 9.92. The number of anilines is 4. The van der Waals surface area contributed by atoms with Gasteiger partial charge in [-0.05, 0) is 155 Å². The van der Waals surface area contributed by atoms with E-state index in [0.29, 0.717) is 91.8 Å². The number of nitrogens with zero attached hydrogens (tertiary/aromatic N) is 8. The predicted molar refractivity (Wildman–Crippen MR) is 410 cm³/mol. The molecule has 4 aromatic heterocycles. The number of alkyl halides is 6. The lowest BCUT2D eigenvalue weighted by Gasteiger charge is -2.16. The monoisotopic (exact) mass is 1550 g/mol. The van der Waals surface area contributed by atoms with Crippen LogP contribution >= 0.6 is 81.5 Å². The molecule has 0 radical (unpaired) electrons. The quantitative estimate of drug-likeness (QED) is 0.0214. The van der Waals surface area contributed by atoms with Crippen LogP contribution in [0.25, 0.3) is 0 Å². The first-order chi connectivity index (χ1) is 44.6. The Morgan fingerprint density at radius 2 is 0.750 bits per heavy atom. The zero-order valence-electron chi connectivity index (χ0n) is 56.8. The SMILES string of the molecule is C.C.C.CSc1ncc(Cc2cc(Cl)c(C)cc2C(C)C)c(Cl)n1.CSc1ncc(Cc2cc(Cl)c(C)cc2C(C)C)c(N)n1.Cc1cc(C(C)C)c(Cc2cnc(NCC(F)(F)F)nc2N)cc1Cl.Cc1cc(C(C)C)c(Cc2cnc(S(C)(=O)=O)nc2N)cc1Cl.N.NCC(F)(F)F. The van der Waals surface area contributed by atoms with Crippen molar-refractivity contribution in [1.82, 2.24) is 46.0 Å². The third-order valence-electron chi connectivity index (χ3n) is 14.5. The average Bonchev–Trinajstić information content (AvgIpc) is 0.830. The molecular weight excluding hydrogens is 1460 g/mol. The maximum atomic E-state index is 12.2. The molecule has 0 aliphatic rings. The minimum absolute atomic E-state index is 0. The molecule has 0 amide bonds. The molecule has 100 heavy (non-hydrogen) atoms. The van der Waals surface area contributed by atoms with Gasteiger partial charge in [0.25, 0.3) is 0 Å². The lowest BCUT2D eigenvalue weighted by Crippen LogP contribution is -2.22. The van der Waals surface area contributed by atoms with Crippen LogP contribution in [0, 0.1) is 27.7 Å². The van der Waals surface area contributed by atoms with Crippen LogP contribution in [0.4, 0.5) is 49.7 Å². The molecule has 8 aromatic rings. The smallest absolute Gasteiger partial charge is 0.383 e. The molecule has 4 aromatic carbocycles. The highest BCUT2D eigenvalue weighted by Gasteiger charge is 2.28. The van der Waals surface area contributed by atoms with Gasteiger partial charge in [0.05, 0.1) is 6.54 Å². The van der Waals surface area contributed by atoms with Crippen LogP contribution in [0.15, 0.2) is 88.8 Å². The summed E-state index contributed by atoms with van der Waals surface area (Å²) in [5, 5.41) is 6.67. The standard InChI is InChI=1S/C17H20ClF3N4.C16H18Cl2N2S.C16H20ClN3O2S.C16H20ClN3S.C2H4F3N.3CH4.H3N/c1-9(2)13-4-10(3)14(18)6-11(13)5-12-7-23-16(25-15(12)22)24-8-17(19,20)21;1-9(2)13-5-10(3)14(17)7-11(13)6-12-8-19-16(21-4)20-15(12)18;1-9(2)13-5-10(3)14(17)7-11(13)6-12-8-19-16(20-15(12)18)23(4,21)22;1-9(2)13-5-10(3)14(17)7-11(13)6-12-8-19-16(21-4)20-15(12)18;3-2(4,5)1-6;;;;/h4,6-7,9H,5,8H2,1-3H3,(H3,22,23,24,25);5,7-9H,6H2,1-4H3;5,7-9H,6H2,1-4H3,(H2,18,19,20);5,7-9H,6H2,1-4H3,(H2,18,19,20);1,6H2;3*1H4;1H3. The zero-order chi connectivity index (χ0) is 72.5. The number of hydrogen-bond acceptors (Lipinski definition) is 18. The van der Waals surface area contributed by atoms with Crippen LogP contribution in [-0.2, 0) is 35.5 Å². The van der Waals surface area contributed by atoms with Crippen LogP contribution in [0.2, 0.25) is 25.2 Å². The average molecular weight is 1550 g/mol. The molecule has 4 heterocycles. The van der Waals surface area contributed by atoms with E-state index >= 15 is 0 Å². The number of sulfone groups is 1. The summed E-state index contributed by atoms with van der Waals surface area (Å²) in [6, 6.07) is 16.3. The topological polar surface area (TPSA) is 288 Å². The van der Waals surface area contributed by atoms with Gasteiger partial charge in [0.2, 0.25) is 20.9 Å². The Kier molecular flexibility index (Phi) is 39.4. The van der Waals surface area contributed by atoms with Crippen LogP contribution in [0.3, 0.4) is 0 Å².